The van der Waals surface area contributed by atoms with Gasteiger partial charge in [-0.15, -0.1) is 0 Å². The average molecular weight is 664 g/mol. The van der Waals surface area contributed by atoms with Crippen LogP contribution in [0.5, 0.6) is 0 Å². The molecule has 0 aliphatic heterocycles. The fraction of sp³-hybridized carbons (Fsp3) is 0.879. The van der Waals surface area contributed by atoms with E-state index in [1.54, 1.807) is 13.8 Å². The van der Waals surface area contributed by atoms with Gasteiger partial charge < -0.3 is 42.3 Å². The van der Waals surface area contributed by atoms with Crippen molar-refractivity contribution in [1.29, 1.82) is 0 Å². The van der Waals surface area contributed by atoms with Gasteiger partial charge in [0.1, 0.15) is 6.10 Å². The number of esters is 1. The van der Waals surface area contributed by atoms with Crippen LogP contribution in [0, 0.1) is 0 Å². The molecule has 0 aliphatic carbocycles. The number of ether oxygens (including phenoxy) is 5. The van der Waals surface area contributed by atoms with E-state index < -0.39 is 20.9 Å². The first-order valence-electron chi connectivity index (χ1n) is 17.1. The quantitative estimate of drug-likeness (QED) is 0.0376. The van der Waals surface area contributed by atoms with Gasteiger partial charge in [0, 0.05) is 38.0 Å². The van der Waals surface area contributed by atoms with Crippen LogP contribution in [0.4, 0.5) is 4.79 Å². The Labute approximate surface area is 274 Å². The maximum Gasteiger partial charge on any atom is 0.500 e. The Morgan fingerprint density at radius 2 is 1.18 bits per heavy atom. The second-order valence-electron chi connectivity index (χ2n) is 11.3. The fourth-order valence-electron chi connectivity index (χ4n) is 4.39. The zero-order valence-electron chi connectivity index (χ0n) is 29.5. The predicted octanol–water partition coefficient (Wildman–Crippen LogP) is 6.61. The van der Waals surface area contributed by atoms with E-state index >= 15 is 0 Å². The molecule has 0 saturated carbocycles. The van der Waals surface area contributed by atoms with Crippen LogP contribution >= 0.6 is 0 Å². The van der Waals surface area contributed by atoms with Crippen LogP contribution < -0.4 is 5.32 Å². The highest BCUT2D eigenvalue weighted by atomic mass is 28.4. The van der Waals surface area contributed by atoms with Crippen LogP contribution in [0.2, 0.25) is 6.04 Å². The van der Waals surface area contributed by atoms with Crippen molar-refractivity contribution < 1.29 is 46.6 Å². The van der Waals surface area contributed by atoms with Crippen LogP contribution in [0.15, 0.2) is 12.2 Å². The van der Waals surface area contributed by atoms with Crippen molar-refractivity contribution in [3.8, 4) is 0 Å². The van der Waals surface area contributed by atoms with E-state index in [-0.39, 0.29) is 24.9 Å². The summed E-state index contributed by atoms with van der Waals surface area (Å²) < 4.78 is 45.2. The van der Waals surface area contributed by atoms with E-state index in [0.717, 1.165) is 31.7 Å². The minimum Gasteiger partial charge on any atom is -0.457 e. The Morgan fingerprint density at radius 1 is 0.689 bits per heavy atom. The smallest absolute Gasteiger partial charge is 0.457 e. The SMILES string of the molecule is C=C(C)C(=O)OC(C)COC(C)COC(C)COCCNC(=O)OCCCCCCCCCCC[Si](OCC)(OCC)OCC. The summed E-state index contributed by atoms with van der Waals surface area (Å²) in [5.41, 5.74) is 0.359. The molecule has 0 spiro atoms. The van der Waals surface area contributed by atoms with Gasteiger partial charge in [0.15, 0.2) is 0 Å². The van der Waals surface area contributed by atoms with Crippen LogP contribution in [0.3, 0.4) is 0 Å². The van der Waals surface area contributed by atoms with E-state index in [1.165, 1.54) is 32.1 Å². The number of alkyl carbamates (subject to hydrolysis) is 1. The minimum absolute atomic E-state index is 0.129. The number of carbonyl (C=O) groups is 2. The lowest BCUT2D eigenvalue weighted by molar-refractivity contribution is -0.148. The maximum atomic E-state index is 11.9. The second kappa shape index (κ2) is 28.7. The van der Waals surface area contributed by atoms with Gasteiger partial charge in [-0.2, -0.15) is 0 Å². The van der Waals surface area contributed by atoms with Crippen molar-refractivity contribution in [2.45, 2.75) is 131 Å². The summed E-state index contributed by atoms with van der Waals surface area (Å²) in [6, 6.07) is 0.896. The third-order valence-corrected chi connectivity index (χ3v) is 9.86. The molecule has 3 atom stereocenters. The molecule has 0 rings (SSSR count). The molecule has 0 aromatic carbocycles. The van der Waals surface area contributed by atoms with Crippen molar-refractivity contribution in [1.82, 2.24) is 5.32 Å². The Morgan fingerprint density at radius 3 is 1.71 bits per heavy atom. The first-order chi connectivity index (χ1) is 21.6. The lowest BCUT2D eigenvalue weighted by Gasteiger charge is -2.28. The highest BCUT2D eigenvalue weighted by Crippen LogP contribution is 2.21. The Bertz CT molecular complexity index is 740. The Balaban J connectivity index is 3.64. The van der Waals surface area contributed by atoms with E-state index in [0.29, 0.717) is 58.4 Å². The lowest BCUT2D eigenvalue weighted by atomic mass is 10.1. The largest absolute Gasteiger partial charge is 0.500 e. The van der Waals surface area contributed by atoms with E-state index in [2.05, 4.69) is 11.9 Å². The van der Waals surface area contributed by atoms with Crippen molar-refractivity contribution in [2.75, 3.05) is 59.4 Å². The summed E-state index contributed by atoms with van der Waals surface area (Å²) in [5, 5.41) is 2.71. The van der Waals surface area contributed by atoms with Gasteiger partial charge in [-0.1, -0.05) is 51.5 Å². The van der Waals surface area contributed by atoms with Gasteiger partial charge in [-0.25, -0.2) is 9.59 Å². The molecule has 0 bridgehead atoms. The zero-order chi connectivity index (χ0) is 33.8. The van der Waals surface area contributed by atoms with Crippen LogP contribution in [-0.2, 0) is 41.8 Å². The molecule has 0 aromatic heterocycles. The van der Waals surface area contributed by atoms with Gasteiger partial charge in [-0.3, -0.25) is 0 Å². The predicted molar refractivity (Wildman–Crippen MR) is 178 cm³/mol. The number of amides is 1. The molecule has 11 nitrogen and oxygen atoms in total. The lowest BCUT2D eigenvalue weighted by Crippen LogP contribution is -2.45. The first kappa shape index (κ1) is 43.5. The van der Waals surface area contributed by atoms with Crippen molar-refractivity contribution >= 4 is 20.9 Å². The van der Waals surface area contributed by atoms with Crippen molar-refractivity contribution in [3.63, 3.8) is 0 Å². The molecule has 45 heavy (non-hydrogen) atoms. The third kappa shape index (κ3) is 25.3. The highest BCUT2D eigenvalue weighted by Gasteiger charge is 2.39. The van der Waals surface area contributed by atoms with Crippen molar-refractivity contribution in [2.24, 2.45) is 0 Å². The average Bonchev–Trinajstić information content (AvgIpc) is 2.99. The summed E-state index contributed by atoms with van der Waals surface area (Å²) in [6.45, 7) is 20.9. The number of rotatable bonds is 31. The summed E-state index contributed by atoms with van der Waals surface area (Å²) in [6.07, 6.45) is 9.18. The molecule has 1 amide bonds. The van der Waals surface area contributed by atoms with E-state index in [4.69, 9.17) is 37.0 Å². The molecular formula is C33H65NO10Si. The molecule has 0 radical (unpaired) electrons. The third-order valence-electron chi connectivity index (χ3n) is 6.71. The summed E-state index contributed by atoms with van der Waals surface area (Å²) in [7, 11) is -2.50. The topological polar surface area (TPSA) is 120 Å². The molecule has 0 heterocycles. The van der Waals surface area contributed by atoms with Gasteiger partial charge in [0.2, 0.25) is 0 Å². The molecule has 0 saturated heterocycles. The fourth-order valence-corrected chi connectivity index (χ4v) is 7.07. The molecule has 0 aromatic rings. The van der Waals surface area contributed by atoms with Gasteiger partial charge in [-0.05, 0) is 61.3 Å². The molecular weight excluding hydrogens is 598 g/mol. The molecule has 12 heteroatoms. The second-order valence-corrected chi connectivity index (χ2v) is 14.1. The van der Waals surface area contributed by atoms with Crippen LogP contribution in [0.1, 0.15) is 106 Å². The Kier molecular flexibility index (Phi) is 27.7. The molecule has 0 fully saturated rings. The van der Waals surface area contributed by atoms with Crippen molar-refractivity contribution in [3.05, 3.63) is 12.2 Å². The first-order valence-corrected chi connectivity index (χ1v) is 19.0. The normalized spacial score (nSPS) is 13.7. The zero-order valence-corrected chi connectivity index (χ0v) is 30.5. The van der Waals surface area contributed by atoms with Gasteiger partial charge in [0.25, 0.3) is 0 Å². The standard InChI is InChI=1S/C33H65NO10Si/c1-9-41-45(42-10-2,43-11-3)24-20-18-16-14-12-13-15-17-19-22-38-33(36)34-21-23-37-25-29(6)39-26-30(7)40-27-31(8)44-32(35)28(4)5/h29-31H,4,9-27H2,1-3,5-8H3,(H,34,36). The maximum absolute atomic E-state index is 11.9. The number of hydrogen-bond donors (Lipinski definition) is 1. The highest BCUT2D eigenvalue weighted by molar-refractivity contribution is 6.60. The van der Waals surface area contributed by atoms with E-state index in [9.17, 15) is 9.59 Å². The molecule has 1 N–H and O–H groups in total. The Hall–Kier alpha value is -1.54. The van der Waals surface area contributed by atoms with Gasteiger partial charge in [0.05, 0.1) is 45.2 Å². The minimum atomic E-state index is -2.50. The number of hydrogen-bond acceptors (Lipinski definition) is 10. The number of carbonyl (C=O) groups excluding carboxylic acids is 2. The molecule has 3 unspecified atom stereocenters. The van der Waals surface area contributed by atoms with E-state index in [1.807, 2.05) is 34.6 Å². The summed E-state index contributed by atoms with van der Waals surface area (Å²) >= 11 is 0. The number of unbranched alkanes of at least 4 members (excludes halogenated alkanes) is 8. The monoisotopic (exact) mass is 663 g/mol. The molecule has 0 aliphatic rings. The molecule has 266 valence electrons. The van der Waals surface area contributed by atoms with Crippen LogP contribution in [-0.4, -0.2) is 98.6 Å². The number of nitrogens with one attached hydrogen (secondary N) is 1. The van der Waals surface area contributed by atoms with Gasteiger partial charge >= 0.3 is 20.9 Å². The summed E-state index contributed by atoms with van der Waals surface area (Å²) in [4.78, 5) is 23.4. The van der Waals surface area contributed by atoms with Crippen LogP contribution in [0.25, 0.3) is 0 Å². The summed E-state index contributed by atoms with van der Waals surface area (Å²) in [5.74, 6) is -0.424.